The minimum Gasteiger partial charge on any atom is -0.312 e. The summed E-state index contributed by atoms with van der Waals surface area (Å²) in [6.45, 7) is 0. The van der Waals surface area contributed by atoms with E-state index in [1.165, 1.54) is 23.6 Å². The predicted octanol–water partition coefficient (Wildman–Crippen LogP) is 2.27. The van der Waals surface area contributed by atoms with Gasteiger partial charge in [-0.2, -0.15) is 5.26 Å². The second-order valence-electron chi connectivity index (χ2n) is 2.97. The number of carbonyl (C=O) groups excluding carboxylic acids is 1. The molecular weight excluding hydrogens is 222 g/mol. The summed E-state index contributed by atoms with van der Waals surface area (Å²) in [7, 11) is 0. The lowest BCUT2D eigenvalue weighted by Crippen LogP contribution is -2.12. The molecule has 0 fully saturated rings. The third-order valence-electron chi connectivity index (χ3n) is 1.88. The Balaban J connectivity index is 2.18. The van der Waals surface area contributed by atoms with Crippen molar-refractivity contribution in [3.8, 4) is 6.07 Å². The van der Waals surface area contributed by atoms with E-state index in [1.807, 2.05) is 17.5 Å². The Morgan fingerprint density at radius 2 is 2.38 bits per heavy atom. The molecule has 0 bridgehead atoms. The van der Waals surface area contributed by atoms with Crippen LogP contribution < -0.4 is 5.32 Å². The number of hydrogen-bond donors (Lipinski definition) is 1. The van der Waals surface area contributed by atoms with Gasteiger partial charge in [-0.15, -0.1) is 11.3 Å². The standard InChI is InChI=1S/C11H7N3OS/c12-7-8-3-4-13-9(6-8)11(15)14-10-2-1-5-16-10/h1-6H,(H,14,15). The van der Waals surface area contributed by atoms with E-state index in [9.17, 15) is 4.79 Å². The second kappa shape index (κ2) is 4.55. The van der Waals surface area contributed by atoms with Crippen molar-refractivity contribution >= 4 is 22.2 Å². The van der Waals surface area contributed by atoms with Gasteiger partial charge in [0.15, 0.2) is 0 Å². The predicted molar refractivity (Wildman–Crippen MR) is 61.2 cm³/mol. The topological polar surface area (TPSA) is 65.8 Å². The van der Waals surface area contributed by atoms with Crippen LogP contribution >= 0.6 is 11.3 Å². The quantitative estimate of drug-likeness (QED) is 0.859. The summed E-state index contributed by atoms with van der Waals surface area (Å²) in [4.78, 5) is 15.6. The fourth-order valence-electron chi connectivity index (χ4n) is 1.15. The summed E-state index contributed by atoms with van der Waals surface area (Å²) >= 11 is 1.43. The Hall–Kier alpha value is -2.19. The molecule has 0 unspecified atom stereocenters. The van der Waals surface area contributed by atoms with Gasteiger partial charge < -0.3 is 5.32 Å². The van der Waals surface area contributed by atoms with Crippen molar-refractivity contribution < 1.29 is 4.79 Å². The highest BCUT2D eigenvalue weighted by atomic mass is 32.1. The molecule has 0 spiro atoms. The smallest absolute Gasteiger partial charge is 0.274 e. The third-order valence-corrected chi connectivity index (χ3v) is 2.66. The first kappa shape index (κ1) is 10.3. The van der Waals surface area contributed by atoms with Crippen LogP contribution in [0.5, 0.6) is 0 Å². The van der Waals surface area contributed by atoms with Crippen molar-refractivity contribution in [3.63, 3.8) is 0 Å². The Morgan fingerprint density at radius 3 is 3.06 bits per heavy atom. The monoisotopic (exact) mass is 229 g/mol. The zero-order valence-corrected chi connectivity index (χ0v) is 8.99. The van der Waals surface area contributed by atoms with Crippen molar-refractivity contribution in [1.82, 2.24) is 4.98 Å². The first-order valence-electron chi connectivity index (χ1n) is 4.50. The number of hydrogen-bond acceptors (Lipinski definition) is 4. The molecule has 1 N–H and O–H groups in total. The van der Waals surface area contributed by atoms with Crippen molar-refractivity contribution in [2.24, 2.45) is 0 Å². The number of rotatable bonds is 2. The van der Waals surface area contributed by atoms with Crippen molar-refractivity contribution in [2.45, 2.75) is 0 Å². The lowest BCUT2D eigenvalue weighted by Gasteiger charge is -2.01. The second-order valence-corrected chi connectivity index (χ2v) is 3.92. The number of pyridine rings is 1. The van der Waals surface area contributed by atoms with Crippen molar-refractivity contribution in [3.05, 3.63) is 47.1 Å². The highest BCUT2D eigenvalue weighted by Crippen LogP contribution is 2.15. The van der Waals surface area contributed by atoms with E-state index in [4.69, 9.17) is 5.26 Å². The molecule has 0 saturated carbocycles. The molecule has 2 aromatic rings. The molecule has 16 heavy (non-hydrogen) atoms. The van der Waals surface area contributed by atoms with Gasteiger partial charge in [-0.3, -0.25) is 9.78 Å². The van der Waals surface area contributed by atoms with E-state index < -0.39 is 0 Å². The molecule has 0 aliphatic carbocycles. The van der Waals surface area contributed by atoms with Crippen molar-refractivity contribution in [2.75, 3.05) is 5.32 Å². The molecule has 5 heteroatoms. The van der Waals surface area contributed by atoms with Gasteiger partial charge in [-0.05, 0) is 29.6 Å². The molecule has 2 rings (SSSR count). The number of nitrogens with zero attached hydrogens (tertiary/aromatic N) is 2. The molecule has 0 saturated heterocycles. The Kier molecular flexibility index (Phi) is 2.94. The van der Waals surface area contributed by atoms with Crippen LogP contribution in [0.25, 0.3) is 0 Å². The van der Waals surface area contributed by atoms with E-state index in [-0.39, 0.29) is 11.6 Å². The van der Waals surface area contributed by atoms with Gasteiger partial charge >= 0.3 is 0 Å². The first-order chi connectivity index (χ1) is 7.79. The maximum atomic E-state index is 11.7. The molecule has 4 nitrogen and oxygen atoms in total. The lowest BCUT2D eigenvalue weighted by molar-refractivity contribution is 0.102. The summed E-state index contributed by atoms with van der Waals surface area (Å²) in [5.74, 6) is -0.306. The fraction of sp³-hybridized carbons (Fsp3) is 0. The largest absolute Gasteiger partial charge is 0.312 e. The number of nitriles is 1. The van der Waals surface area contributed by atoms with Crippen LogP contribution in [0, 0.1) is 11.3 Å². The first-order valence-corrected chi connectivity index (χ1v) is 5.38. The van der Waals surface area contributed by atoms with Crippen LogP contribution in [0.15, 0.2) is 35.8 Å². The van der Waals surface area contributed by atoms with E-state index >= 15 is 0 Å². The van der Waals surface area contributed by atoms with Crippen LogP contribution in [0.2, 0.25) is 0 Å². The molecule has 0 radical (unpaired) electrons. The number of carbonyl (C=O) groups is 1. The molecule has 0 atom stereocenters. The highest BCUT2D eigenvalue weighted by Gasteiger charge is 2.08. The summed E-state index contributed by atoms with van der Waals surface area (Å²) in [5.41, 5.74) is 0.666. The zero-order valence-electron chi connectivity index (χ0n) is 8.18. The molecular formula is C11H7N3OS. The van der Waals surface area contributed by atoms with Gasteiger partial charge in [0.05, 0.1) is 16.6 Å². The van der Waals surface area contributed by atoms with E-state index in [1.54, 1.807) is 12.1 Å². The molecule has 0 aromatic carbocycles. The molecule has 1 amide bonds. The third kappa shape index (κ3) is 2.24. The van der Waals surface area contributed by atoms with Gasteiger partial charge in [-0.1, -0.05) is 0 Å². The minimum absolute atomic E-state index is 0.243. The van der Waals surface area contributed by atoms with Crippen LogP contribution in [-0.4, -0.2) is 10.9 Å². The van der Waals surface area contributed by atoms with E-state index in [0.29, 0.717) is 5.56 Å². The SMILES string of the molecule is N#Cc1ccnc(C(=O)Nc2cccs2)c1. The average Bonchev–Trinajstić information content (AvgIpc) is 2.82. The molecule has 2 heterocycles. The van der Waals surface area contributed by atoms with Crippen LogP contribution in [0.4, 0.5) is 5.00 Å². The fourth-order valence-corrected chi connectivity index (χ4v) is 1.76. The number of nitrogens with one attached hydrogen (secondary N) is 1. The van der Waals surface area contributed by atoms with Crippen LogP contribution in [0.1, 0.15) is 16.1 Å². The van der Waals surface area contributed by atoms with Crippen LogP contribution in [0.3, 0.4) is 0 Å². The highest BCUT2D eigenvalue weighted by molar-refractivity contribution is 7.14. The Labute approximate surface area is 96.2 Å². The lowest BCUT2D eigenvalue weighted by atomic mass is 10.2. The van der Waals surface area contributed by atoms with Crippen molar-refractivity contribution in [1.29, 1.82) is 5.26 Å². The summed E-state index contributed by atoms with van der Waals surface area (Å²) in [6.07, 6.45) is 1.45. The zero-order chi connectivity index (χ0) is 11.4. The summed E-state index contributed by atoms with van der Waals surface area (Å²) in [5, 5.41) is 14.0. The molecule has 2 aromatic heterocycles. The molecule has 78 valence electrons. The number of aromatic nitrogens is 1. The summed E-state index contributed by atoms with van der Waals surface area (Å²) < 4.78 is 0. The molecule has 0 aliphatic rings. The minimum atomic E-state index is -0.306. The van der Waals surface area contributed by atoms with Gasteiger partial charge in [0.2, 0.25) is 0 Å². The number of thiophene rings is 1. The summed E-state index contributed by atoms with van der Waals surface area (Å²) in [6, 6.07) is 8.63. The van der Waals surface area contributed by atoms with Gasteiger partial charge in [0.1, 0.15) is 5.69 Å². The van der Waals surface area contributed by atoms with Crippen LogP contribution in [-0.2, 0) is 0 Å². The Morgan fingerprint density at radius 1 is 1.50 bits per heavy atom. The average molecular weight is 229 g/mol. The molecule has 0 aliphatic heterocycles. The van der Waals surface area contributed by atoms with E-state index in [2.05, 4.69) is 10.3 Å². The maximum absolute atomic E-state index is 11.7. The Bertz CT molecular complexity index is 543. The number of amides is 1. The normalized spacial score (nSPS) is 9.44. The van der Waals surface area contributed by atoms with Gasteiger partial charge in [0.25, 0.3) is 5.91 Å². The van der Waals surface area contributed by atoms with Gasteiger partial charge in [0, 0.05) is 6.20 Å². The van der Waals surface area contributed by atoms with Gasteiger partial charge in [-0.25, -0.2) is 0 Å². The van der Waals surface area contributed by atoms with E-state index in [0.717, 1.165) is 5.00 Å². The number of anilines is 1. The maximum Gasteiger partial charge on any atom is 0.274 e.